The molecule has 0 saturated heterocycles. The van der Waals surface area contributed by atoms with E-state index < -0.39 is 23.2 Å². The average Bonchev–Trinajstić information content (AvgIpc) is 3.12. The van der Waals surface area contributed by atoms with Crippen molar-refractivity contribution in [2.75, 3.05) is 13.7 Å². The van der Waals surface area contributed by atoms with Crippen molar-refractivity contribution in [3.63, 3.8) is 0 Å². The summed E-state index contributed by atoms with van der Waals surface area (Å²) >= 11 is 0. The molecule has 0 radical (unpaired) electrons. The van der Waals surface area contributed by atoms with E-state index in [2.05, 4.69) is 0 Å². The number of rotatable bonds is 6. The van der Waals surface area contributed by atoms with Crippen molar-refractivity contribution < 1.29 is 23.1 Å². The molecule has 0 aliphatic carbocycles. The Balaban J connectivity index is 1.72. The van der Waals surface area contributed by atoms with Crippen LogP contribution in [0.5, 0.6) is 11.5 Å². The Labute approximate surface area is 195 Å². The Morgan fingerprint density at radius 2 is 1.79 bits per heavy atom. The van der Waals surface area contributed by atoms with Crippen LogP contribution < -0.4 is 14.9 Å². The first kappa shape index (κ1) is 21.7. The number of nitrogens with zero attached hydrogens (tertiary/aromatic N) is 1. The molecule has 1 atom stereocenters. The highest BCUT2D eigenvalue weighted by atomic mass is 19.1. The van der Waals surface area contributed by atoms with E-state index in [0.717, 1.165) is 11.6 Å². The molecule has 0 N–H and O–H groups in total. The minimum absolute atomic E-state index is 0.0297. The molecule has 1 amide bonds. The van der Waals surface area contributed by atoms with Gasteiger partial charge in [-0.25, -0.2) is 4.39 Å². The van der Waals surface area contributed by atoms with Gasteiger partial charge in [-0.2, -0.15) is 0 Å². The summed E-state index contributed by atoms with van der Waals surface area (Å²) in [6.07, 6.45) is 0. The number of benzene rings is 3. The van der Waals surface area contributed by atoms with Crippen LogP contribution in [-0.2, 0) is 6.54 Å². The van der Waals surface area contributed by atoms with Gasteiger partial charge in [0.05, 0.1) is 30.7 Å². The molecular weight excluding hydrogens is 437 g/mol. The van der Waals surface area contributed by atoms with E-state index in [-0.39, 0.29) is 28.8 Å². The van der Waals surface area contributed by atoms with E-state index in [1.807, 2.05) is 37.3 Å². The lowest BCUT2D eigenvalue weighted by atomic mass is 9.97. The lowest BCUT2D eigenvalue weighted by Gasteiger charge is -2.26. The summed E-state index contributed by atoms with van der Waals surface area (Å²) < 4.78 is 31.0. The molecule has 1 unspecified atom stereocenters. The second-order valence-electron chi connectivity index (χ2n) is 7.98. The lowest BCUT2D eigenvalue weighted by Crippen LogP contribution is -2.29. The third-order valence-corrected chi connectivity index (χ3v) is 5.93. The van der Waals surface area contributed by atoms with Gasteiger partial charge in [0.2, 0.25) is 5.76 Å². The highest BCUT2D eigenvalue weighted by Gasteiger charge is 2.43. The number of ether oxygens (including phenoxy) is 2. The summed E-state index contributed by atoms with van der Waals surface area (Å²) in [6.45, 7) is 2.59. The molecule has 172 valence electrons. The molecule has 0 bridgehead atoms. The van der Waals surface area contributed by atoms with Crippen molar-refractivity contribution in [3.8, 4) is 11.5 Å². The SMILES string of the molecule is CCOc1ccc(C2c3c(oc4ccc(F)cc4c3=O)C(=O)N2Cc2ccccc2)cc1OC. The molecule has 2 heterocycles. The summed E-state index contributed by atoms with van der Waals surface area (Å²) in [7, 11) is 1.53. The monoisotopic (exact) mass is 459 g/mol. The largest absolute Gasteiger partial charge is 0.493 e. The summed E-state index contributed by atoms with van der Waals surface area (Å²) in [5, 5.41) is 0.0935. The zero-order chi connectivity index (χ0) is 23.8. The highest BCUT2D eigenvalue weighted by Crippen LogP contribution is 2.41. The zero-order valence-corrected chi connectivity index (χ0v) is 18.7. The first-order chi connectivity index (χ1) is 16.5. The van der Waals surface area contributed by atoms with Crippen LogP contribution in [0.25, 0.3) is 11.0 Å². The number of hydrogen-bond acceptors (Lipinski definition) is 5. The average molecular weight is 459 g/mol. The third-order valence-electron chi connectivity index (χ3n) is 5.93. The number of halogens is 1. The standard InChI is InChI=1S/C27H22FNO5/c1-3-33-21-11-9-17(13-22(21)32-2)24-23-25(30)19-14-18(28)10-12-20(19)34-26(23)27(31)29(24)15-16-7-5-4-6-8-16/h4-14,24H,3,15H2,1-2H3. The highest BCUT2D eigenvalue weighted by molar-refractivity contribution is 5.99. The van der Waals surface area contributed by atoms with E-state index in [1.54, 1.807) is 23.1 Å². The van der Waals surface area contributed by atoms with Crippen molar-refractivity contribution in [2.24, 2.45) is 0 Å². The van der Waals surface area contributed by atoms with Crippen LogP contribution in [0.1, 0.15) is 40.2 Å². The number of hydrogen-bond donors (Lipinski definition) is 0. The van der Waals surface area contributed by atoms with Gasteiger partial charge in [0.25, 0.3) is 5.91 Å². The van der Waals surface area contributed by atoms with Crippen LogP contribution in [-0.4, -0.2) is 24.5 Å². The van der Waals surface area contributed by atoms with Crippen LogP contribution in [0.3, 0.4) is 0 Å². The van der Waals surface area contributed by atoms with Crippen LogP contribution >= 0.6 is 0 Å². The Kier molecular flexibility index (Phi) is 5.53. The number of carbonyl (C=O) groups excluding carboxylic acids is 1. The molecule has 4 aromatic rings. The minimum Gasteiger partial charge on any atom is -0.493 e. The first-order valence-electron chi connectivity index (χ1n) is 10.9. The maximum absolute atomic E-state index is 14.0. The second-order valence-corrected chi connectivity index (χ2v) is 7.98. The third kappa shape index (κ3) is 3.59. The van der Waals surface area contributed by atoms with Crippen LogP contribution in [0, 0.1) is 5.82 Å². The Bertz CT molecular complexity index is 1450. The quantitative estimate of drug-likeness (QED) is 0.402. The van der Waals surface area contributed by atoms with Gasteiger partial charge in [-0.1, -0.05) is 36.4 Å². The van der Waals surface area contributed by atoms with Crippen molar-refractivity contribution in [2.45, 2.75) is 19.5 Å². The molecule has 7 heteroatoms. The van der Waals surface area contributed by atoms with Crippen molar-refractivity contribution >= 4 is 16.9 Å². The molecule has 0 saturated carbocycles. The van der Waals surface area contributed by atoms with E-state index in [0.29, 0.717) is 23.7 Å². The normalized spacial score (nSPS) is 15.0. The Morgan fingerprint density at radius 1 is 1.00 bits per heavy atom. The first-order valence-corrected chi connectivity index (χ1v) is 10.9. The fraction of sp³-hybridized carbons (Fsp3) is 0.185. The van der Waals surface area contributed by atoms with Crippen LogP contribution in [0.2, 0.25) is 0 Å². The van der Waals surface area contributed by atoms with Gasteiger partial charge in [-0.15, -0.1) is 0 Å². The van der Waals surface area contributed by atoms with E-state index in [4.69, 9.17) is 13.9 Å². The van der Waals surface area contributed by atoms with Gasteiger partial charge >= 0.3 is 0 Å². The number of fused-ring (bicyclic) bond motifs is 2. The molecule has 34 heavy (non-hydrogen) atoms. The summed E-state index contributed by atoms with van der Waals surface area (Å²) in [5.74, 6) is 0.0547. The topological polar surface area (TPSA) is 69.0 Å². The number of amides is 1. The second kappa shape index (κ2) is 8.67. The zero-order valence-electron chi connectivity index (χ0n) is 18.7. The smallest absolute Gasteiger partial charge is 0.291 e. The van der Waals surface area contributed by atoms with Crippen molar-refractivity contribution in [1.82, 2.24) is 4.90 Å². The fourth-order valence-electron chi connectivity index (χ4n) is 4.41. The fourth-order valence-corrected chi connectivity index (χ4v) is 4.41. The van der Waals surface area contributed by atoms with Gasteiger partial charge in [0.1, 0.15) is 11.4 Å². The molecular formula is C27H22FNO5. The summed E-state index contributed by atoms with van der Waals surface area (Å²) in [5.41, 5.74) is 1.48. The van der Waals surface area contributed by atoms with Crippen LogP contribution in [0.4, 0.5) is 4.39 Å². The number of carbonyl (C=O) groups is 1. The molecule has 0 fully saturated rings. The molecule has 0 spiro atoms. The number of methoxy groups -OCH3 is 1. The molecule has 6 nitrogen and oxygen atoms in total. The molecule has 1 aliphatic rings. The van der Waals surface area contributed by atoms with E-state index >= 15 is 0 Å². The summed E-state index contributed by atoms with van der Waals surface area (Å²) in [6, 6.07) is 17.8. The van der Waals surface area contributed by atoms with Gasteiger partial charge in [-0.05, 0) is 48.4 Å². The Hall–Kier alpha value is -4.13. The summed E-state index contributed by atoms with van der Waals surface area (Å²) in [4.78, 5) is 28.7. The predicted octanol–water partition coefficient (Wildman–Crippen LogP) is 5.08. The van der Waals surface area contributed by atoms with Gasteiger partial charge in [0, 0.05) is 6.54 Å². The minimum atomic E-state index is -0.740. The maximum Gasteiger partial charge on any atom is 0.291 e. The van der Waals surface area contributed by atoms with Gasteiger partial charge in [-0.3, -0.25) is 9.59 Å². The van der Waals surface area contributed by atoms with E-state index in [9.17, 15) is 14.0 Å². The lowest BCUT2D eigenvalue weighted by molar-refractivity contribution is 0.0714. The van der Waals surface area contributed by atoms with E-state index in [1.165, 1.54) is 19.2 Å². The molecule has 1 aromatic heterocycles. The molecule has 3 aromatic carbocycles. The van der Waals surface area contributed by atoms with Gasteiger partial charge in [0.15, 0.2) is 16.9 Å². The molecule has 1 aliphatic heterocycles. The van der Waals surface area contributed by atoms with Crippen molar-refractivity contribution in [3.05, 3.63) is 105 Å². The maximum atomic E-state index is 14.0. The van der Waals surface area contributed by atoms with Crippen molar-refractivity contribution in [1.29, 1.82) is 0 Å². The van der Waals surface area contributed by atoms with Crippen LogP contribution in [0.15, 0.2) is 75.9 Å². The molecule has 5 rings (SSSR count). The predicted molar refractivity (Wildman–Crippen MR) is 125 cm³/mol. The Morgan fingerprint density at radius 3 is 2.53 bits per heavy atom. The van der Waals surface area contributed by atoms with Gasteiger partial charge < -0.3 is 18.8 Å².